The van der Waals surface area contributed by atoms with E-state index in [0.29, 0.717) is 27.8 Å². The largest absolute Gasteiger partial charge is 0.462 e. The fraction of sp³-hybridized carbons (Fsp3) is 0.368. The number of anilines is 1. The number of carbonyl (C=O) groups excluding carboxylic acids is 3. The van der Waals surface area contributed by atoms with Crippen LogP contribution in [0.4, 0.5) is 5.82 Å². The molecule has 1 N–H and O–H groups in total. The van der Waals surface area contributed by atoms with Crippen LogP contribution in [0.5, 0.6) is 0 Å². The Morgan fingerprint density at radius 2 is 2.00 bits per heavy atom. The van der Waals surface area contributed by atoms with Crippen LogP contribution in [0.25, 0.3) is 0 Å². The Morgan fingerprint density at radius 1 is 1.29 bits per heavy atom. The maximum atomic E-state index is 12.3. The minimum Gasteiger partial charge on any atom is -0.462 e. The van der Waals surface area contributed by atoms with Crippen molar-refractivity contribution in [1.29, 1.82) is 0 Å². The van der Waals surface area contributed by atoms with Crippen LogP contribution in [0.1, 0.15) is 35.6 Å². The Balaban J connectivity index is 1.98. The average Bonchev–Trinajstić information content (AvgIpc) is 2.92. The van der Waals surface area contributed by atoms with Gasteiger partial charge in [-0.25, -0.2) is 9.78 Å². The molecule has 2 aromatic heterocycles. The molecule has 1 atom stereocenters. The molecule has 28 heavy (non-hydrogen) atoms. The topological polar surface area (TPSA) is 99.5 Å². The second-order valence-corrected chi connectivity index (χ2v) is 6.51. The molecule has 0 aromatic carbocycles. The molecule has 2 aromatic rings. The lowest BCUT2D eigenvalue weighted by molar-refractivity contribution is -0.153. The quantitative estimate of drug-likeness (QED) is 0.708. The number of amides is 1. The van der Waals surface area contributed by atoms with Gasteiger partial charge in [-0.1, -0.05) is 11.6 Å². The van der Waals surface area contributed by atoms with Crippen molar-refractivity contribution in [2.45, 2.75) is 40.3 Å². The highest BCUT2D eigenvalue weighted by atomic mass is 35.5. The second kappa shape index (κ2) is 9.36. The summed E-state index contributed by atoms with van der Waals surface area (Å²) in [6.45, 7) is 6.80. The molecule has 0 radical (unpaired) electrons. The molecule has 0 saturated heterocycles. The number of carbonyl (C=O) groups is 3. The predicted octanol–water partition coefficient (Wildman–Crippen LogP) is 2.90. The first-order valence-electron chi connectivity index (χ1n) is 8.68. The number of hydrogen-bond donors (Lipinski definition) is 1. The number of halogens is 1. The van der Waals surface area contributed by atoms with Crippen LogP contribution >= 0.6 is 11.6 Å². The van der Waals surface area contributed by atoms with E-state index in [9.17, 15) is 14.4 Å². The molecule has 0 aliphatic rings. The van der Waals surface area contributed by atoms with Gasteiger partial charge in [0.2, 0.25) is 0 Å². The van der Waals surface area contributed by atoms with E-state index < -0.39 is 23.9 Å². The van der Waals surface area contributed by atoms with Gasteiger partial charge in [-0.2, -0.15) is 0 Å². The van der Waals surface area contributed by atoms with Crippen LogP contribution in [-0.4, -0.2) is 40.1 Å². The first-order chi connectivity index (χ1) is 13.2. The number of aromatic nitrogens is 2. The summed E-state index contributed by atoms with van der Waals surface area (Å²) < 4.78 is 11.8. The van der Waals surface area contributed by atoms with Gasteiger partial charge in [0, 0.05) is 17.6 Å². The first kappa shape index (κ1) is 21.4. The van der Waals surface area contributed by atoms with Gasteiger partial charge >= 0.3 is 11.9 Å². The predicted molar refractivity (Wildman–Crippen MR) is 103 cm³/mol. The fourth-order valence-electron chi connectivity index (χ4n) is 2.55. The number of hydrogen-bond acceptors (Lipinski definition) is 6. The van der Waals surface area contributed by atoms with Crippen molar-refractivity contribution in [3.63, 3.8) is 0 Å². The van der Waals surface area contributed by atoms with E-state index in [1.165, 1.54) is 19.2 Å². The molecule has 0 unspecified atom stereocenters. The van der Waals surface area contributed by atoms with E-state index in [1.54, 1.807) is 37.5 Å². The molecule has 0 aliphatic carbocycles. The molecule has 2 heterocycles. The molecule has 0 aliphatic heterocycles. The Morgan fingerprint density at radius 3 is 2.61 bits per heavy atom. The lowest BCUT2D eigenvalue weighted by Crippen LogP contribution is -2.31. The molecule has 0 bridgehead atoms. The zero-order chi connectivity index (χ0) is 20.8. The minimum atomic E-state index is -1.02. The summed E-state index contributed by atoms with van der Waals surface area (Å²) in [6.07, 6.45) is 0.373. The van der Waals surface area contributed by atoms with Gasteiger partial charge in [0.05, 0.1) is 17.2 Å². The van der Waals surface area contributed by atoms with Gasteiger partial charge < -0.3 is 19.4 Å². The zero-order valence-corrected chi connectivity index (χ0v) is 16.9. The van der Waals surface area contributed by atoms with Crippen LogP contribution in [0.2, 0.25) is 5.02 Å². The smallest absolute Gasteiger partial charge is 0.339 e. The summed E-state index contributed by atoms with van der Waals surface area (Å²) in [5, 5.41) is 2.98. The van der Waals surface area contributed by atoms with Crippen molar-refractivity contribution in [3.05, 3.63) is 46.4 Å². The summed E-state index contributed by atoms with van der Waals surface area (Å²) in [6, 6.07) is 4.78. The summed E-state index contributed by atoms with van der Waals surface area (Å²) in [7, 11) is 0. The number of nitrogens with one attached hydrogen (secondary N) is 1. The van der Waals surface area contributed by atoms with E-state index >= 15 is 0 Å². The van der Waals surface area contributed by atoms with E-state index in [-0.39, 0.29) is 13.2 Å². The van der Waals surface area contributed by atoms with Gasteiger partial charge in [-0.3, -0.25) is 9.59 Å². The number of aryl methyl sites for hydroxylation is 1. The summed E-state index contributed by atoms with van der Waals surface area (Å²) in [5.41, 5.74) is 1.70. The van der Waals surface area contributed by atoms with Crippen molar-refractivity contribution in [3.8, 4) is 0 Å². The van der Waals surface area contributed by atoms with Gasteiger partial charge in [0.15, 0.2) is 6.10 Å². The highest BCUT2D eigenvalue weighted by Gasteiger charge is 2.22. The van der Waals surface area contributed by atoms with Crippen molar-refractivity contribution in [1.82, 2.24) is 9.55 Å². The van der Waals surface area contributed by atoms with Gasteiger partial charge in [-0.05, 0) is 45.9 Å². The minimum absolute atomic E-state index is 0.131. The standard InChI is InChI=1S/C19H22ClN3O5/c1-5-27-19(26)15-8-11(2)23(12(15)3)10-17(24)28-13(4)18(25)22-16-7-6-14(20)9-21-16/h6-9,13H,5,10H2,1-4H3,(H,21,22,25)/t13-/m1/s1. The van der Waals surface area contributed by atoms with Crippen LogP contribution in [0.15, 0.2) is 24.4 Å². The van der Waals surface area contributed by atoms with Crippen LogP contribution < -0.4 is 5.32 Å². The van der Waals surface area contributed by atoms with E-state index in [4.69, 9.17) is 21.1 Å². The van der Waals surface area contributed by atoms with Crippen molar-refractivity contribution in [2.24, 2.45) is 0 Å². The van der Waals surface area contributed by atoms with Gasteiger partial charge in [0.1, 0.15) is 12.4 Å². The lowest BCUT2D eigenvalue weighted by atomic mass is 10.2. The lowest BCUT2D eigenvalue weighted by Gasteiger charge is -2.15. The molecule has 9 heteroatoms. The number of rotatable bonds is 7. The van der Waals surface area contributed by atoms with E-state index in [0.717, 1.165) is 0 Å². The Bertz CT molecular complexity index is 876. The monoisotopic (exact) mass is 407 g/mol. The average molecular weight is 408 g/mol. The Kier molecular flexibility index (Phi) is 7.17. The fourth-order valence-corrected chi connectivity index (χ4v) is 2.67. The Hall–Kier alpha value is -2.87. The molecule has 0 fully saturated rings. The SMILES string of the molecule is CCOC(=O)c1cc(C)n(CC(=O)O[C@H](C)C(=O)Nc2ccc(Cl)cn2)c1C. The number of nitrogens with zero attached hydrogens (tertiary/aromatic N) is 2. The number of ether oxygens (including phenoxy) is 2. The molecule has 150 valence electrons. The molecule has 2 rings (SSSR count). The third-order valence-electron chi connectivity index (χ3n) is 4.01. The highest BCUT2D eigenvalue weighted by molar-refractivity contribution is 6.30. The van der Waals surface area contributed by atoms with Crippen LogP contribution in [0.3, 0.4) is 0 Å². The molecule has 0 spiro atoms. The maximum absolute atomic E-state index is 12.3. The highest BCUT2D eigenvalue weighted by Crippen LogP contribution is 2.17. The van der Waals surface area contributed by atoms with Crippen LogP contribution in [0, 0.1) is 13.8 Å². The second-order valence-electron chi connectivity index (χ2n) is 6.07. The molecule has 8 nitrogen and oxygen atoms in total. The molecule has 1 amide bonds. The van der Waals surface area contributed by atoms with E-state index in [2.05, 4.69) is 10.3 Å². The van der Waals surface area contributed by atoms with Crippen molar-refractivity contribution < 1.29 is 23.9 Å². The van der Waals surface area contributed by atoms with Crippen molar-refractivity contribution >= 4 is 35.3 Å². The molecular formula is C19H22ClN3O5. The summed E-state index contributed by atoms with van der Waals surface area (Å²) in [5.74, 6) is -1.27. The first-order valence-corrected chi connectivity index (χ1v) is 9.06. The van der Waals surface area contributed by atoms with Crippen LogP contribution in [-0.2, 0) is 25.6 Å². The third kappa shape index (κ3) is 5.32. The zero-order valence-electron chi connectivity index (χ0n) is 16.1. The normalized spacial score (nSPS) is 11.6. The molecule has 0 saturated carbocycles. The Labute approximate surface area is 167 Å². The van der Waals surface area contributed by atoms with E-state index in [1.807, 2.05) is 0 Å². The molecular weight excluding hydrogens is 386 g/mol. The summed E-state index contributed by atoms with van der Waals surface area (Å²) in [4.78, 5) is 40.3. The summed E-state index contributed by atoms with van der Waals surface area (Å²) >= 11 is 5.75. The van der Waals surface area contributed by atoms with Gasteiger partial charge in [0.25, 0.3) is 5.91 Å². The maximum Gasteiger partial charge on any atom is 0.339 e. The third-order valence-corrected chi connectivity index (χ3v) is 4.24. The number of esters is 2. The number of pyridine rings is 1. The van der Waals surface area contributed by atoms with Gasteiger partial charge in [-0.15, -0.1) is 0 Å². The van der Waals surface area contributed by atoms with Crippen molar-refractivity contribution in [2.75, 3.05) is 11.9 Å².